The Morgan fingerprint density at radius 2 is 1.90 bits per heavy atom. The number of rotatable bonds is 8. The third kappa shape index (κ3) is 5.56. The summed E-state index contributed by atoms with van der Waals surface area (Å²) in [5.41, 5.74) is 0.282. The number of carbonyl (C=O) groups excluding carboxylic acids is 2. The second-order valence-corrected chi connectivity index (χ2v) is 8.68. The molecule has 3 rings (SSSR count). The first kappa shape index (κ1) is 22.7. The van der Waals surface area contributed by atoms with Crippen molar-refractivity contribution in [3.8, 4) is 0 Å². The number of hydrogen-bond donors (Lipinski definition) is 2. The second-order valence-electron chi connectivity index (χ2n) is 7.84. The number of nitrogens with one attached hydrogen (secondary N) is 2. The molecule has 0 aliphatic carbocycles. The van der Waals surface area contributed by atoms with Gasteiger partial charge in [0.15, 0.2) is 0 Å². The Balaban J connectivity index is 1.66. The fourth-order valence-corrected chi connectivity index (χ4v) is 4.17. The van der Waals surface area contributed by atoms with Gasteiger partial charge in [-0.25, -0.2) is 0 Å². The molecule has 0 saturated carbocycles. The van der Waals surface area contributed by atoms with Gasteiger partial charge in [0.05, 0.1) is 22.9 Å². The molecule has 0 spiro atoms. The van der Waals surface area contributed by atoms with Crippen LogP contribution >= 0.6 is 23.2 Å². The first-order valence-corrected chi connectivity index (χ1v) is 10.9. The molecule has 1 saturated heterocycles. The van der Waals surface area contributed by atoms with E-state index in [1.54, 1.807) is 18.4 Å². The van der Waals surface area contributed by atoms with Crippen LogP contribution in [0.2, 0.25) is 10.0 Å². The van der Waals surface area contributed by atoms with Crippen molar-refractivity contribution in [3.05, 3.63) is 58.0 Å². The van der Waals surface area contributed by atoms with Crippen LogP contribution in [0.5, 0.6) is 0 Å². The average molecular weight is 452 g/mol. The first-order chi connectivity index (χ1) is 14.4. The van der Waals surface area contributed by atoms with Crippen molar-refractivity contribution in [2.75, 3.05) is 19.6 Å². The molecule has 0 radical (unpaired) electrons. The third-order valence-corrected chi connectivity index (χ3v) is 5.88. The number of hydrogen-bond acceptors (Lipinski definition) is 4. The van der Waals surface area contributed by atoms with Gasteiger partial charge >= 0.3 is 0 Å². The molecule has 162 valence electrons. The minimum absolute atomic E-state index is 0.0272. The summed E-state index contributed by atoms with van der Waals surface area (Å²) >= 11 is 12.0. The fraction of sp³-hybridized carbons (Fsp3) is 0.455. The molecular formula is C22H27Cl2N3O3. The Kier molecular flexibility index (Phi) is 7.81. The summed E-state index contributed by atoms with van der Waals surface area (Å²) in [4.78, 5) is 28.0. The van der Waals surface area contributed by atoms with Crippen LogP contribution in [0, 0.1) is 5.92 Å². The van der Waals surface area contributed by atoms with Crippen LogP contribution < -0.4 is 10.6 Å². The summed E-state index contributed by atoms with van der Waals surface area (Å²) in [5, 5.41) is 6.50. The Morgan fingerprint density at radius 3 is 2.50 bits per heavy atom. The van der Waals surface area contributed by atoms with Gasteiger partial charge in [-0.1, -0.05) is 37.0 Å². The molecule has 0 unspecified atom stereocenters. The smallest absolute Gasteiger partial charge is 0.253 e. The van der Waals surface area contributed by atoms with E-state index >= 15 is 0 Å². The van der Waals surface area contributed by atoms with Crippen LogP contribution in [0.15, 0.2) is 41.0 Å². The van der Waals surface area contributed by atoms with Gasteiger partial charge < -0.3 is 15.1 Å². The van der Waals surface area contributed by atoms with E-state index in [4.69, 9.17) is 27.6 Å². The van der Waals surface area contributed by atoms with Crippen LogP contribution in [-0.4, -0.2) is 42.4 Å². The van der Waals surface area contributed by atoms with Crippen LogP contribution in [0.25, 0.3) is 0 Å². The zero-order chi connectivity index (χ0) is 21.7. The molecule has 2 aromatic rings. The van der Waals surface area contributed by atoms with E-state index < -0.39 is 11.9 Å². The van der Waals surface area contributed by atoms with E-state index in [2.05, 4.69) is 15.5 Å². The zero-order valence-corrected chi connectivity index (χ0v) is 18.7. The normalized spacial score (nSPS) is 16.4. The summed E-state index contributed by atoms with van der Waals surface area (Å²) in [7, 11) is 0. The molecule has 2 amide bonds. The lowest BCUT2D eigenvalue weighted by molar-refractivity contribution is -0.124. The molecule has 1 aromatic carbocycles. The topological polar surface area (TPSA) is 74.6 Å². The van der Waals surface area contributed by atoms with E-state index in [9.17, 15) is 9.59 Å². The lowest BCUT2D eigenvalue weighted by atomic mass is 10.0. The number of likely N-dealkylation sites (tertiary alicyclic amines) is 1. The molecule has 1 fully saturated rings. The molecule has 1 aliphatic heterocycles. The standard InChI is InChI=1S/C22H27Cl2N3O3/c1-14(2)20(26-21(28)16-8-7-15(23)12-17(16)24)22(29)25-13-18(19-6-5-11-30-19)27-9-3-4-10-27/h5-8,11-12,14,18,20H,3-4,9-10,13H2,1-2H3,(H,25,29)(H,26,28)/t18-,20-/m0/s1. The van der Waals surface area contributed by atoms with Crippen molar-refractivity contribution in [1.82, 2.24) is 15.5 Å². The average Bonchev–Trinajstić information content (AvgIpc) is 3.40. The zero-order valence-electron chi connectivity index (χ0n) is 17.2. The molecule has 1 aromatic heterocycles. The largest absolute Gasteiger partial charge is 0.468 e. The predicted molar refractivity (Wildman–Crippen MR) is 118 cm³/mol. The minimum Gasteiger partial charge on any atom is -0.468 e. The maximum atomic E-state index is 13.0. The van der Waals surface area contributed by atoms with Gasteiger partial charge in [0.2, 0.25) is 5.91 Å². The van der Waals surface area contributed by atoms with Gasteiger partial charge in [0, 0.05) is 11.6 Å². The fourth-order valence-electron chi connectivity index (χ4n) is 3.68. The number of carbonyl (C=O) groups is 2. The summed E-state index contributed by atoms with van der Waals surface area (Å²) in [6.45, 7) is 6.13. The Hall–Kier alpha value is -2.02. The van der Waals surface area contributed by atoms with Gasteiger partial charge in [-0.2, -0.15) is 0 Å². The minimum atomic E-state index is -0.694. The molecule has 6 nitrogen and oxygen atoms in total. The van der Waals surface area contributed by atoms with Crippen molar-refractivity contribution in [2.45, 2.75) is 38.8 Å². The highest BCUT2D eigenvalue weighted by molar-refractivity contribution is 6.36. The third-order valence-electron chi connectivity index (χ3n) is 5.33. The molecule has 8 heteroatoms. The lowest BCUT2D eigenvalue weighted by Crippen LogP contribution is -2.51. The maximum absolute atomic E-state index is 13.0. The number of benzene rings is 1. The molecule has 0 bridgehead atoms. The van der Waals surface area contributed by atoms with E-state index in [1.165, 1.54) is 6.07 Å². The van der Waals surface area contributed by atoms with Crippen LogP contribution in [0.4, 0.5) is 0 Å². The molecule has 2 atom stereocenters. The van der Waals surface area contributed by atoms with Gasteiger partial charge in [0.25, 0.3) is 5.91 Å². The summed E-state index contributed by atoms with van der Waals surface area (Å²) in [5.74, 6) is 0.0796. The molecule has 30 heavy (non-hydrogen) atoms. The highest BCUT2D eigenvalue weighted by atomic mass is 35.5. The van der Waals surface area contributed by atoms with Crippen molar-refractivity contribution in [1.29, 1.82) is 0 Å². The molecule has 1 aliphatic rings. The van der Waals surface area contributed by atoms with Gasteiger partial charge in [-0.3, -0.25) is 14.5 Å². The summed E-state index contributed by atoms with van der Waals surface area (Å²) in [6.07, 6.45) is 3.92. The van der Waals surface area contributed by atoms with E-state index in [1.807, 2.05) is 26.0 Å². The molecule has 2 N–H and O–H groups in total. The quantitative estimate of drug-likeness (QED) is 0.627. The van der Waals surface area contributed by atoms with Crippen LogP contribution in [0.3, 0.4) is 0 Å². The van der Waals surface area contributed by atoms with Gasteiger partial charge in [0.1, 0.15) is 11.8 Å². The van der Waals surface area contributed by atoms with Gasteiger partial charge in [-0.05, 0) is 62.2 Å². The Labute approximate surface area is 186 Å². The van der Waals surface area contributed by atoms with Crippen LogP contribution in [0.1, 0.15) is 48.8 Å². The monoisotopic (exact) mass is 451 g/mol. The number of amides is 2. The summed E-state index contributed by atoms with van der Waals surface area (Å²) < 4.78 is 5.61. The van der Waals surface area contributed by atoms with Gasteiger partial charge in [-0.15, -0.1) is 0 Å². The number of halogens is 2. The van der Waals surface area contributed by atoms with Crippen molar-refractivity contribution in [3.63, 3.8) is 0 Å². The number of furan rings is 1. The number of nitrogens with zero attached hydrogens (tertiary/aromatic N) is 1. The van der Waals surface area contributed by atoms with Crippen molar-refractivity contribution < 1.29 is 14.0 Å². The first-order valence-electron chi connectivity index (χ1n) is 10.2. The van der Waals surface area contributed by atoms with E-state index in [0.29, 0.717) is 11.6 Å². The highest BCUT2D eigenvalue weighted by Crippen LogP contribution is 2.25. The summed E-state index contributed by atoms with van der Waals surface area (Å²) in [6, 6.07) is 7.71. The highest BCUT2D eigenvalue weighted by Gasteiger charge is 2.29. The SMILES string of the molecule is CC(C)[C@H](NC(=O)c1ccc(Cl)cc1Cl)C(=O)NC[C@@H](c1ccco1)N1CCCC1. The Bertz CT molecular complexity index is 865. The lowest BCUT2D eigenvalue weighted by Gasteiger charge is -2.28. The molecule has 2 heterocycles. The maximum Gasteiger partial charge on any atom is 0.253 e. The van der Waals surface area contributed by atoms with E-state index in [-0.39, 0.29) is 28.5 Å². The molecular weight excluding hydrogens is 425 g/mol. The predicted octanol–water partition coefficient (Wildman–Crippen LogP) is 4.29. The van der Waals surface area contributed by atoms with Crippen LogP contribution in [-0.2, 0) is 4.79 Å². The second kappa shape index (κ2) is 10.3. The van der Waals surface area contributed by atoms with Crippen molar-refractivity contribution in [2.24, 2.45) is 5.92 Å². The Morgan fingerprint density at radius 1 is 1.17 bits per heavy atom. The van der Waals surface area contributed by atoms with Crippen molar-refractivity contribution >= 4 is 35.0 Å². The van der Waals surface area contributed by atoms with E-state index in [0.717, 1.165) is 31.7 Å².